The fraction of sp³-hybridized carbons (Fsp3) is 0.417. The fourth-order valence-corrected chi connectivity index (χ4v) is 2.01. The van der Waals surface area contributed by atoms with Crippen molar-refractivity contribution in [2.75, 3.05) is 20.8 Å². The lowest BCUT2D eigenvalue weighted by Gasteiger charge is -2.26. The topological polar surface area (TPSA) is 77.0 Å². The van der Waals surface area contributed by atoms with Gasteiger partial charge in [0.05, 0.1) is 32.4 Å². The first-order chi connectivity index (χ1) is 8.65. The summed E-state index contributed by atoms with van der Waals surface area (Å²) in [6, 6.07) is 2.72. The van der Waals surface area contributed by atoms with Gasteiger partial charge < -0.3 is 24.6 Å². The van der Waals surface area contributed by atoms with Gasteiger partial charge >= 0.3 is 6.09 Å². The minimum atomic E-state index is -0.469. The van der Waals surface area contributed by atoms with E-state index in [1.807, 2.05) is 0 Å². The van der Waals surface area contributed by atoms with Crippen LogP contribution in [0.2, 0.25) is 0 Å². The van der Waals surface area contributed by atoms with E-state index in [9.17, 15) is 9.90 Å². The first kappa shape index (κ1) is 12.3. The summed E-state index contributed by atoms with van der Waals surface area (Å²) in [5, 5.41) is 12.3. The van der Waals surface area contributed by atoms with Crippen molar-refractivity contribution in [3.05, 3.63) is 17.7 Å². The lowest BCUT2D eigenvalue weighted by molar-refractivity contribution is 0.114. The Morgan fingerprint density at radius 2 is 1.94 bits per heavy atom. The lowest BCUT2D eigenvalue weighted by atomic mass is 10.0. The molecule has 0 radical (unpaired) electrons. The van der Waals surface area contributed by atoms with Crippen molar-refractivity contribution in [3.63, 3.8) is 0 Å². The number of benzene rings is 1. The largest absolute Gasteiger partial charge is 0.508 e. The highest BCUT2D eigenvalue weighted by molar-refractivity contribution is 5.69. The van der Waals surface area contributed by atoms with Crippen LogP contribution in [0, 0.1) is 0 Å². The van der Waals surface area contributed by atoms with Gasteiger partial charge in [-0.15, -0.1) is 0 Å². The molecule has 1 fully saturated rings. The van der Waals surface area contributed by atoms with Crippen LogP contribution in [-0.2, 0) is 4.74 Å². The second-order valence-electron chi connectivity index (χ2n) is 3.89. The summed E-state index contributed by atoms with van der Waals surface area (Å²) in [6.45, 7) is 0.337. The van der Waals surface area contributed by atoms with E-state index in [1.54, 1.807) is 0 Å². The monoisotopic (exact) mass is 253 g/mol. The molecule has 0 unspecified atom stereocenters. The van der Waals surface area contributed by atoms with Gasteiger partial charge in [0.1, 0.15) is 17.2 Å². The van der Waals surface area contributed by atoms with Gasteiger partial charge in [-0.05, 0) is 0 Å². The number of hydrogen-bond donors (Lipinski definition) is 2. The number of hydrogen-bond acceptors (Lipinski definition) is 5. The quantitative estimate of drug-likeness (QED) is 0.855. The Labute approximate surface area is 104 Å². The summed E-state index contributed by atoms with van der Waals surface area (Å²) in [5.41, 5.74) is 0.703. The van der Waals surface area contributed by atoms with Crippen LogP contribution in [0.4, 0.5) is 4.79 Å². The molecule has 0 bridgehead atoms. The number of nitrogens with one attached hydrogen (secondary N) is 1. The lowest BCUT2D eigenvalue weighted by Crippen LogP contribution is -2.35. The molecule has 1 aliphatic heterocycles. The second kappa shape index (κ2) is 5.03. The third-order valence-corrected chi connectivity index (χ3v) is 2.81. The van der Waals surface area contributed by atoms with Crippen LogP contribution in [0.25, 0.3) is 0 Å². The zero-order chi connectivity index (χ0) is 13.1. The molecule has 0 spiro atoms. The molecule has 1 aliphatic rings. The van der Waals surface area contributed by atoms with E-state index in [0.717, 1.165) is 0 Å². The van der Waals surface area contributed by atoms with E-state index in [4.69, 9.17) is 14.2 Å². The van der Waals surface area contributed by atoms with E-state index in [-0.39, 0.29) is 11.8 Å². The average Bonchev–Trinajstić information content (AvgIpc) is 2.37. The summed E-state index contributed by atoms with van der Waals surface area (Å²) >= 11 is 0. The maximum Gasteiger partial charge on any atom is 0.407 e. The Morgan fingerprint density at radius 3 is 2.44 bits per heavy atom. The SMILES string of the molecule is COc1cc(O)cc(OC)c1[C@H]1CCOC(=O)N1. The molecule has 2 N–H and O–H groups in total. The standard InChI is InChI=1S/C12H15NO5/c1-16-9-5-7(14)6-10(17-2)11(9)8-3-4-18-12(15)13-8/h5-6,8,14H,3-4H2,1-2H3,(H,13,15)/t8-/m1/s1. The van der Waals surface area contributed by atoms with Crippen LogP contribution < -0.4 is 14.8 Å². The molecule has 6 heteroatoms. The Morgan fingerprint density at radius 1 is 1.33 bits per heavy atom. The summed E-state index contributed by atoms with van der Waals surface area (Å²) in [7, 11) is 3.00. The van der Waals surface area contributed by atoms with Crippen molar-refractivity contribution in [3.8, 4) is 17.2 Å². The number of methoxy groups -OCH3 is 2. The molecule has 1 amide bonds. The highest BCUT2D eigenvalue weighted by Gasteiger charge is 2.27. The molecule has 0 saturated carbocycles. The van der Waals surface area contributed by atoms with Gasteiger partial charge in [0.2, 0.25) is 0 Å². The minimum Gasteiger partial charge on any atom is -0.508 e. The number of carbonyl (C=O) groups excluding carboxylic acids is 1. The highest BCUT2D eigenvalue weighted by atomic mass is 16.6. The molecule has 6 nitrogen and oxygen atoms in total. The number of cyclic esters (lactones) is 1. The number of aromatic hydroxyl groups is 1. The summed E-state index contributed by atoms with van der Waals surface area (Å²) in [5.74, 6) is 0.990. The predicted molar refractivity (Wildman–Crippen MR) is 63.1 cm³/mol. The Bertz CT molecular complexity index is 435. The Balaban J connectivity index is 2.43. The first-order valence-corrected chi connectivity index (χ1v) is 5.54. The van der Waals surface area contributed by atoms with Crippen molar-refractivity contribution < 1.29 is 24.1 Å². The maximum atomic E-state index is 11.2. The van der Waals surface area contributed by atoms with Gasteiger partial charge in [-0.3, -0.25) is 0 Å². The number of phenols is 1. The van der Waals surface area contributed by atoms with E-state index in [0.29, 0.717) is 30.1 Å². The first-order valence-electron chi connectivity index (χ1n) is 5.54. The van der Waals surface area contributed by atoms with Crippen LogP contribution in [0.1, 0.15) is 18.0 Å². The molecule has 1 saturated heterocycles. The number of ether oxygens (including phenoxy) is 3. The van der Waals surface area contributed by atoms with Crippen molar-refractivity contribution >= 4 is 6.09 Å². The number of carbonyl (C=O) groups is 1. The fourth-order valence-electron chi connectivity index (χ4n) is 2.01. The van der Waals surface area contributed by atoms with Crippen molar-refractivity contribution in [1.82, 2.24) is 5.32 Å². The van der Waals surface area contributed by atoms with Crippen LogP contribution in [0.3, 0.4) is 0 Å². The molecular formula is C12H15NO5. The zero-order valence-electron chi connectivity index (χ0n) is 10.2. The molecule has 1 atom stereocenters. The number of phenolic OH excluding ortho intramolecular Hbond substituents is 1. The zero-order valence-corrected chi connectivity index (χ0v) is 10.2. The van der Waals surface area contributed by atoms with Gasteiger partial charge in [-0.25, -0.2) is 4.79 Å². The molecule has 1 aromatic carbocycles. The van der Waals surface area contributed by atoms with Gasteiger partial charge in [0, 0.05) is 18.6 Å². The molecule has 98 valence electrons. The van der Waals surface area contributed by atoms with Crippen molar-refractivity contribution in [2.45, 2.75) is 12.5 Å². The van der Waals surface area contributed by atoms with Crippen molar-refractivity contribution in [1.29, 1.82) is 0 Å². The second-order valence-corrected chi connectivity index (χ2v) is 3.89. The van der Waals surface area contributed by atoms with E-state index < -0.39 is 6.09 Å². The van der Waals surface area contributed by atoms with E-state index >= 15 is 0 Å². The van der Waals surface area contributed by atoms with E-state index in [1.165, 1.54) is 26.4 Å². The Kier molecular flexibility index (Phi) is 3.45. The summed E-state index contributed by atoms with van der Waals surface area (Å²) in [6.07, 6.45) is 0.145. The van der Waals surface area contributed by atoms with Crippen LogP contribution in [0.5, 0.6) is 17.2 Å². The average molecular weight is 253 g/mol. The molecule has 2 rings (SSSR count). The van der Waals surface area contributed by atoms with Gasteiger partial charge in [-0.2, -0.15) is 0 Å². The molecule has 0 aliphatic carbocycles. The number of amides is 1. The van der Waals surface area contributed by atoms with Crippen LogP contribution in [-0.4, -0.2) is 32.0 Å². The van der Waals surface area contributed by atoms with Gasteiger partial charge in [0.25, 0.3) is 0 Å². The third-order valence-electron chi connectivity index (χ3n) is 2.81. The highest BCUT2D eigenvalue weighted by Crippen LogP contribution is 2.39. The van der Waals surface area contributed by atoms with Crippen LogP contribution in [0.15, 0.2) is 12.1 Å². The number of rotatable bonds is 3. The van der Waals surface area contributed by atoms with Gasteiger partial charge in [-0.1, -0.05) is 0 Å². The molecule has 0 aromatic heterocycles. The molecular weight excluding hydrogens is 238 g/mol. The minimum absolute atomic E-state index is 0.0471. The van der Waals surface area contributed by atoms with E-state index in [2.05, 4.69) is 5.32 Å². The van der Waals surface area contributed by atoms with Crippen LogP contribution >= 0.6 is 0 Å². The van der Waals surface area contributed by atoms with Gasteiger partial charge in [0.15, 0.2) is 0 Å². The smallest absolute Gasteiger partial charge is 0.407 e. The normalized spacial score (nSPS) is 18.8. The number of alkyl carbamates (subject to hydrolysis) is 1. The predicted octanol–water partition coefficient (Wildman–Crippen LogP) is 1.58. The Hall–Kier alpha value is -2.11. The third kappa shape index (κ3) is 2.27. The summed E-state index contributed by atoms with van der Waals surface area (Å²) in [4.78, 5) is 11.2. The van der Waals surface area contributed by atoms with Crippen molar-refractivity contribution in [2.24, 2.45) is 0 Å². The molecule has 18 heavy (non-hydrogen) atoms. The molecule has 1 aromatic rings. The maximum absolute atomic E-state index is 11.2. The molecule has 1 heterocycles. The summed E-state index contributed by atoms with van der Waals surface area (Å²) < 4.78 is 15.3.